The summed E-state index contributed by atoms with van der Waals surface area (Å²) >= 11 is 0. The molecule has 8 nitrogen and oxygen atoms in total. The van der Waals surface area contributed by atoms with Gasteiger partial charge in [-0.2, -0.15) is 0 Å². The lowest BCUT2D eigenvalue weighted by atomic mass is 10.0. The van der Waals surface area contributed by atoms with Gasteiger partial charge in [0.2, 0.25) is 0 Å². The van der Waals surface area contributed by atoms with Crippen LogP contribution in [0.15, 0.2) is 50.0 Å². The topological polar surface area (TPSA) is 113 Å². The molecule has 0 aliphatic rings. The van der Waals surface area contributed by atoms with Crippen LogP contribution in [0, 0.1) is 24.0 Å². The van der Waals surface area contributed by atoms with Crippen molar-refractivity contribution < 1.29 is 23.3 Å². The second-order valence-corrected chi connectivity index (χ2v) is 5.85. The normalized spacial score (nSPS) is 11.2. The van der Waals surface area contributed by atoms with Crippen molar-refractivity contribution in [1.29, 1.82) is 0 Å². The Hall–Kier alpha value is -3.68. The fourth-order valence-electron chi connectivity index (χ4n) is 2.52. The van der Waals surface area contributed by atoms with E-state index in [0.717, 1.165) is 17.2 Å². The first kappa shape index (κ1) is 18.1. The number of aryl methyl sites for hydroxylation is 2. The van der Waals surface area contributed by atoms with Gasteiger partial charge in [0.15, 0.2) is 0 Å². The zero-order chi connectivity index (χ0) is 19.6. The maximum absolute atomic E-state index is 11.9. The molecule has 0 unspecified atom stereocenters. The number of carbonyl (C=O) groups excluding carboxylic acids is 1. The molecule has 0 aliphatic carbocycles. The van der Waals surface area contributed by atoms with E-state index < -0.39 is 22.4 Å². The highest BCUT2D eigenvalue weighted by molar-refractivity contribution is 5.87. The van der Waals surface area contributed by atoms with Crippen LogP contribution in [0.3, 0.4) is 0 Å². The van der Waals surface area contributed by atoms with Crippen molar-refractivity contribution in [3.8, 4) is 0 Å². The summed E-state index contributed by atoms with van der Waals surface area (Å²) in [6, 6.07) is 7.53. The molecule has 0 saturated heterocycles. The molecule has 0 spiro atoms. The number of fused-ring (bicyclic) bond motifs is 1. The molecule has 2 aromatic heterocycles. The summed E-state index contributed by atoms with van der Waals surface area (Å²) in [4.78, 5) is 33.6. The smallest absolute Gasteiger partial charge is 0.433 e. The van der Waals surface area contributed by atoms with Gasteiger partial charge in [0.1, 0.15) is 22.9 Å². The summed E-state index contributed by atoms with van der Waals surface area (Å²) in [7, 11) is 0. The van der Waals surface area contributed by atoms with Gasteiger partial charge in [0.05, 0.1) is 6.07 Å². The second kappa shape index (κ2) is 7.28. The molecule has 0 fully saturated rings. The van der Waals surface area contributed by atoms with Crippen LogP contribution in [0.5, 0.6) is 0 Å². The highest BCUT2D eigenvalue weighted by Crippen LogP contribution is 2.23. The quantitative estimate of drug-likeness (QED) is 0.222. The van der Waals surface area contributed by atoms with Gasteiger partial charge in [0.25, 0.3) is 0 Å². The van der Waals surface area contributed by atoms with E-state index in [1.54, 1.807) is 0 Å². The Morgan fingerprint density at radius 2 is 2.00 bits per heavy atom. The molecule has 0 amide bonds. The Morgan fingerprint density at radius 1 is 1.22 bits per heavy atom. The molecular weight excluding hydrogens is 354 g/mol. The third-order valence-corrected chi connectivity index (χ3v) is 4.06. The van der Waals surface area contributed by atoms with Crippen molar-refractivity contribution in [2.75, 3.05) is 0 Å². The largest absolute Gasteiger partial charge is 0.458 e. The highest BCUT2D eigenvalue weighted by atomic mass is 16.6. The molecule has 8 heteroatoms. The predicted octanol–water partition coefficient (Wildman–Crippen LogP) is 3.67. The number of esters is 1. The summed E-state index contributed by atoms with van der Waals surface area (Å²) in [5.41, 5.74) is 2.29. The van der Waals surface area contributed by atoms with Gasteiger partial charge in [-0.15, -0.1) is 0 Å². The number of carbonyl (C=O) groups is 1. The monoisotopic (exact) mass is 369 g/mol. The fraction of sp³-hybridized carbons (Fsp3) is 0.158. The van der Waals surface area contributed by atoms with Gasteiger partial charge in [-0.3, -0.25) is 10.1 Å². The SMILES string of the molecule is Cc1ccc2c(COC(=O)/C=C/c3ccc([N+](=O)[O-])o3)cc(=O)oc2c1C. The summed E-state index contributed by atoms with van der Waals surface area (Å²) in [6.45, 7) is 3.64. The summed E-state index contributed by atoms with van der Waals surface area (Å²) in [6.07, 6.45) is 2.35. The molecule has 0 atom stereocenters. The van der Waals surface area contributed by atoms with Crippen LogP contribution in [0.4, 0.5) is 5.88 Å². The van der Waals surface area contributed by atoms with Crippen molar-refractivity contribution in [3.63, 3.8) is 0 Å². The number of nitro groups is 1. The van der Waals surface area contributed by atoms with E-state index in [0.29, 0.717) is 16.5 Å². The van der Waals surface area contributed by atoms with Crippen LogP contribution in [0.2, 0.25) is 0 Å². The molecule has 27 heavy (non-hydrogen) atoms. The highest BCUT2D eigenvalue weighted by Gasteiger charge is 2.12. The molecule has 2 heterocycles. The zero-order valence-corrected chi connectivity index (χ0v) is 14.6. The molecule has 0 radical (unpaired) electrons. The van der Waals surface area contributed by atoms with E-state index in [4.69, 9.17) is 13.6 Å². The van der Waals surface area contributed by atoms with E-state index in [1.807, 2.05) is 26.0 Å². The van der Waals surface area contributed by atoms with Gasteiger partial charge in [-0.05, 0) is 37.1 Å². The first-order valence-corrected chi connectivity index (χ1v) is 7.97. The van der Waals surface area contributed by atoms with E-state index in [1.165, 1.54) is 24.3 Å². The minimum Gasteiger partial charge on any atom is -0.458 e. The standard InChI is InChI=1S/C19H15NO7/c1-11-3-6-15-13(9-18(22)27-19(15)12(11)2)10-25-17(21)8-5-14-4-7-16(26-14)20(23)24/h3-9H,10H2,1-2H3/b8-5+. The molecular formula is C19H15NO7. The van der Waals surface area contributed by atoms with E-state index >= 15 is 0 Å². The number of hydrogen-bond acceptors (Lipinski definition) is 7. The summed E-state index contributed by atoms with van der Waals surface area (Å²) in [5, 5.41) is 11.2. The van der Waals surface area contributed by atoms with Gasteiger partial charge in [0, 0.05) is 23.1 Å². The average Bonchev–Trinajstić information content (AvgIpc) is 3.11. The predicted molar refractivity (Wildman–Crippen MR) is 96.2 cm³/mol. The summed E-state index contributed by atoms with van der Waals surface area (Å²) < 4.78 is 15.3. The molecule has 0 N–H and O–H groups in total. The molecule has 1 aromatic carbocycles. The first-order chi connectivity index (χ1) is 12.8. The molecule has 0 saturated carbocycles. The maximum atomic E-state index is 11.9. The fourth-order valence-corrected chi connectivity index (χ4v) is 2.52. The van der Waals surface area contributed by atoms with Crippen molar-refractivity contribution >= 4 is 28.9 Å². The van der Waals surface area contributed by atoms with Crippen LogP contribution < -0.4 is 5.63 Å². The minimum atomic E-state index is -0.681. The van der Waals surface area contributed by atoms with Crippen molar-refractivity contribution in [3.05, 3.63) is 79.4 Å². The van der Waals surface area contributed by atoms with E-state index in [-0.39, 0.29) is 12.4 Å². The average molecular weight is 369 g/mol. The molecule has 0 bridgehead atoms. The number of nitrogens with zero attached hydrogens (tertiary/aromatic N) is 1. The Kier molecular flexibility index (Phi) is 4.89. The van der Waals surface area contributed by atoms with Crippen molar-refractivity contribution in [2.45, 2.75) is 20.5 Å². The van der Waals surface area contributed by atoms with Crippen molar-refractivity contribution in [1.82, 2.24) is 0 Å². The zero-order valence-electron chi connectivity index (χ0n) is 14.6. The Labute approximate surface area is 152 Å². The van der Waals surface area contributed by atoms with Gasteiger partial charge < -0.3 is 13.6 Å². The Balaban J connectivity index is 1.75. The minimum absolute atomic E-state index is 0.119. The Morgan fingerprint density at radius 3 is 2.70 bits per heavy atom. The molecule has 0 aliphatic heterocycles. The van der Waals surface area contributed by atoms with Crippen LogP contribution >= 0.6 is 0 Å². The second-order valence-electron chi connectivity index (χ2n) is 5.85. The van der Waals surface area contributed by atoms with Crippen LogP contribution in [0.1, 0.15) is 22.5 Å². The van der Waals surface area contributed by atoms with Crippen molar-refractivity contribution in [2.24, 2.45) is 0 Å². The molecule has 138 valence electrons. The van der Waals surface area contributed by atoms with Gasteiger partial charge in [-0.1, -0.05) is 12.1 Å². The molecule has 3 aromatic rings. The van der Waals surface area contributed by atoms with Crippen LogP contribution in [-0.2, 0) is 16.1 Å². The lowest BCUT2D eigenvalue weighted by Crippen LogP contribution is -2.06. The van der Waals surface area contributed by atoms with E-state index in [9.17, 15) is 19.7 Å². The third kappa shape index (κ3) is 3.95. The number of hydrogen-bond donors (Lipinski definition) is 0. The van der Waals surface area contributed by atoms with Crippen LogP contribution in [-0.4, -0.2) is 10.9 Å². The Bertz CT molecular complexity index is 1120. The van der Waals surface area contributed by atoms with Gasteiger partial charge >= 0.3 is 17.5 Å². The number of rotatable bonds is 5. The number of benzene rings is 1. The third-order valence-electron chi connectivity index (χ3n) is 4.06. The molecule has 3 rings (SSSR count). The lowest BCUT2D eigenvalue weighted by Gasteiger charge is -2.09. The maximum Gasteiger partial charge on any atom is 0.433 e. The number of ether oxygens (including phenoxy) is 1. The van der Waals surface area contributed by atoms with Crippen LogP contribution in [0.25, 0.3) is 17.0 Å². The van der Waals surface area contributed by atoms with Gasteiger partial charge in [-0.25, -0.2) is 9.59 Å². The lowest BCUT2D eigenvalue weighted by molar-refractivity contribution is -0.402. The first-order valence-electron chi connectivity index (χ1n) is 7.97. The van der Waals surface area contributed by atoms with E-state index in [2.05, 4.69) is 0 Å². The number of furan rings is 1. The summed E-state index contributed by atoms with van der Waals surface area (Å²) in [5.74, 6) is -0.953.